The summed E-state index contributed by atoms with van der Waals surface area (Å²) < 4.78 is 0. The molecule has 0 radical (unpaired) electrons. The van der Waals surface area contributed by atoms with Gasteiger partial charge in [-0.1, -0.05) is 18.2 Å². The molecule has 9 nitrogen and oxygen atoms in total. The van der Waals surface area contributed by atoms with Crippen LogP contribution in [0.3, 0.4) is 0 Å². The van der Waals surface area contributed by atoms with Crippen LogP contribution in [0.4, 0.5) is 0 Å². The predicted molar refractivity (Wildman–Crippen MR) is 72.7 cm³/mol. The molecule has 0 fully saturated rings. The zero-order chi connectivity index (χ0) is 17.3. The van der Waals surface area contributed by atoms with Crippen molar-refractivity contribution in [3.63, 3.8) is 0 Å². The molecule has 0 unspecified atom stereocenters. The maximum absolute atomic E-state index is 10.3. The molecule has 0 saturated carbocycles. The number of carboxylic acids is 4. The summed E-state index contributed by atoms with van der Waals surface area (Å²) >= 11 is 0. The van der Waals surface area contributed by atoms with Crippen LogP contribution in [0.1, 0.15) is 26.1 Å². The van der Waals surface area contributed by atoms with Gasteiger partial charge in [-0.3, -0.25) is 9.59 Å². The number of aliphatic carboxylic acids is 3. The summed E-state index contributed by atoms with van der Waals surface area (Å²) in [7, 11) is 0. The summed E-state index contributed by atoms with van der Waals surface area (Å²) in [5.41, 5.74) is -2.41. The minimum atomic E-state index is -2.74. The maximum atomic E-state index is 10.3. The summed E-state index contributed by atoms with van der Waals surface area (Å²) in [6, 6.07) is 8.30. The summed E-state index contributed by atoms with van der Waals surface area (Å²) in [6.45, 7) is 0. The summed E-state index contributed by atoms with van der Waals surface area (Å²) in [4.78, 5) is 40.7. The van der Waals surface area contributed by atoms with E-state index in [1.807, 2.05) is 0 Å². The Balaban J connectivity index is -0.000000102. The molecule has 0 bridgehead atoms. The van der Waals surface area contributed by atoms with Crippen molar-refractivity contribution in [1.29, 1.82) is 0 Å². The quantitative estimate of drug-likeness (QED) is 0.310. The van der Waals surface area contributed by atoms with Gasteiger partial charge >= 0.3 is 83.0 Å². The first-order chi connectivity index (χ1) is 10.1. The fraction of sp³-hybridized carbons (Fsp3) is 0.231. The van der Waals surface area contributed by atoms with Gasteiger partial charge in [0.05, 0.1) is 18.4 Å². The van der Waals surface area contributed by atoms with Crippen LogP contribution in [0, 0.1) is 0 Å². The molecule has 24 heavy (non-hydrogen) atoms. The van der Waals surface area contributed by atoms with E-state index in [-0.39, 0.29) is 62.0 Å². The van der Waals surface area contributed by atoms with Crippen molar-refractivity contribution >= 4 is 23.9 Å². The Morgan fingerprint density at radius 1 is 0.833 bits per heavy atom. The normalized spacial score (nSPS) is 9.21. The molecule has 1 aromatic rings. The van der Waals surface area contributed by atoms with E-state index in [0.29, 0.717) is 5.56 Å². The largest absolute Gasteiger partial charge is 1.00 e. The van der Waals surface area contributed by atoms with E-state index in [4.69, 9.17) is 25.5 Å². The SMILES string of the molecule is O=C(O)CC(O)(CC(=O)O)C(=O)O.O=C(O)c1ccccc1.[H-].[H-].[Na+].[Na+]. The van der Waals surface area contributed by atoms with E-state index < -0.39 is 42.3 Å². The maximum Gasteiger partial charge on any atom is 1.00 e. The van der Waals surface area contributed by atoms with E-state index >= 15 is 0 Å². The molecule has 1 aromatic carbocycles. The van der Waals surface area contributed by atoms with Gasteiger partial charge in [-0.05, 0) is 12.1 Å². The molecular formula is C13H16Na2O9. The first-order valence-electron chi connectivity index (χ1n) is 5.76. The van der Waals surface area contributed by atoms with Crippen LogP contribution < -0.4 is 59.1 Å². The Morgan fingerprint density at radius 3 is 1.42 bits per heavy atom. The Labute approximate surface area is 183 Å². The van der Waals surface area contributed by atoms with Crippen molar-refractivity contribution in [2.75, 3.05) is 0 Å². The molecule has 0 heterocycles. The molecule has 0 aliphatic rings. The van der Waals surface area contributed by atoms with Gasteiger partial charge in [0.15, 0.2) is 5.60 Å². The van der Waals surface area contributed by atoms with Crippen molar-refractivity contribution in [3.05, 3.63) is 35.9 Å². The topological polar surface area (TPSA) is 169 Å². The second-order valence-electron chi connectivity index (χ2n) is 4.15. The van der Waals surface area contributed by atoms with Crippen LogP contribution in [0.15, 0.2) is 30.3 Å². The molecule has 0 spiro atoms. The standard InChI is InChI=1S/C7H6O2.C6H8O7.2Na.2H/c8-7(9)6-4-2-1-3-5-6;7-3(8)1-6(13,5(11)12)2-4(9)10;;;;/h1-5H,(H,8,9);13H,1-2H2,(H,7,8)(H,9,10)(H,11,12);;;;/q;;2*+1;2*-1. The molecule has 124 valence electrons. The number of rotatable bonds is 6. The van der Waals surface area contributed by atoms with Crippen LogP contribution in [0.2, 0.25) is 0 Å². The summed E-state index contributed by atoms with van der Waals surface area (Å²) in [5.74, 6) is -5.90. The second kappa shape index (κ2) is 13.4. The van der Waals surface area contributed by atoms with E-state index in [1.165, 1.54) is 0 Å². The van der Waals surface area contributed by atoms with E-state index in [1.54, 1.807) is 30.3 Å². The van der Waals surface area contributed by atoms with Crippen LogP contribution in [-0.4, -0.2) is 55.0 Å². The molecule has 0 aromatic heterocycles. The van der Waals surface area contributed by atoms with Gasteiger partial charge in [0.1, 0.15) is 0 Å². The van der Waals surface area contributed by atoms with E-state index in [9.17, 15) is 19.2 Å². The molecule has 0 saturated heterocycles. The monoisotopic (exact) mass is 362 g/mol. The van der Waals surface area contributed by atoms with Crippen molar-refractivity contribution in [1.82, 2.24) is 0 Å². The number of aliphatic hydroxyl groups is 1. The molecule has 5 N–H and O–H groups in total. The van der Waals surface area contributed by atoms with Crippen LogP contribution in [-0.2, 0) is 14.4 Å². The Morgan fingerprint density at radius 2 is 1.21 bits per heavy atom. The van der Waals surface area contributed by atoms with Crippen molar-refractivity contribution in [3.8, 4) is 0 Å². The number of carbonyl (C=O) groups is 4. The van der Waals surface area contributed by atoms with Crippen LogP contribution in [0.5, 0.6) is 0 Å². The van der Waals surface area contributed by atoms with Crippen LogP contribution in [0.25, 0.3) is 0 Å². The van der Waals surface area contributed by atoms with E-state index in [0.717, 1.165) is 0 Å². The third kappa shape index (κ3) is 11.6. The van der Waals surface area contributed by atoms with Crippen molar-refractivity contribution in [2.24, 2.45) is 0 Å². The number of hydrogen-bond acceptors (Lipinski definition) is 5. The van der Waals surface area contributed by atoms with Gasteiger partial charge in [-0.15, -0.1) is 0 Å². The number of benzene rings is 1. The van der Waals surface area contributed by atoms with Gasteiger partial charge in [0, 0.05) is 0 Å². The smallest absolute Gasteiger partial charge is 1.00 e. The first-order valence-corrected chi connectivity index (χ1v) is 5.76. The number of carboxylic acid groups (broad SMARTS) is 4. The molecule has 0 aliphatic carbocycles. The van der Waals surface area contributed by atoms with Gasteiger partial charge in [0.2, 0.25) is 0 Å². The fourth-order valence-electron chi connectivity index (χ4n) is 1.29. The second-order valence-corrected chi connectivity index (χ2v) is 4.15. The van der Waals surface area contributed by atoms with Gasteiger partial charge in [-0.2, -0.15) is 0 Å². The Bertz CT molecular complexity index is 554. The number of hydrogen-bond donors (Lipinski definition) is 5. The van der Waals surface area contributed by atoms with Crippen LogP contribution >= 0.6 is 0 Å². The van der Waals surface area contributed by atoms with Gasteiger partial charge in [0.25, 0.3) is 0 Å². The molecule has 11 heteroatoms. The molecule has 1 rings (SSSR count). The molecular weight excluding hydrogens is 346 g/mol. The minimum Gasteiger partial charge on any atom is -1.00 e. The zero-order valence-electron chi connectivity index (χ0n) is 15.2. The summed E-state index contributed by atoms with van der Waals surface area (Å²) in [5, 5.41) is 42.2. The average molecular weight is 362 g/mol. The van der Waals surface area contributed by atoms with Crippen molar-refractivity contribution < 1.29 is 107 Å². The molecule has 0 atom stereocenters. The third-order valence-electron chi connectivity index (χ3n) is 2.31. The van der Waals surface area contributed by atoms with Gasteiger partial charge < -0.3 is 28.4 Å². The van der Waals surface area contributed by atoms with E-state index in [2.05, 4.69) is 0 Å². The van der Waals surface area contributed by atoms with Gasteiger partial charge in [-0.25, -0.2) is 9.59 Å². The minimum absolute atomic E-state index is 0. The first kappa shape index (κ1) is 27.9. The predicted octanol–water partition coefficient (Wildman–Crippen LogP) is -5.63. The fourth-order valence-corrected chi connectivity index (χ4v) is 1.29. The Kier molecular flexibility index (Phi) is 15.5. The third-order valence-corrected chi connectivity index (χ3v) is 2.31. The average Bonchev–Trinajstić information content (AvgIpc) is 2.38. The van der Waals surface area contributed by atoms with Crippen molar-refractivity contribution in [2.45, 2.75) is 18.4 Å². The molecule has 0 aliphatic heterocycles. The Hall–Kier alpha value is -0.940. The zero-order valence-corrected chi connectivity index (χ0v) is 17.2. The molecule has 0 amide bonds. The summed E-state index contributed by atoms with van der Waals surface area (Å²) in [6.07, 6.45) is -2.29. The number of aromatic carboxylic acids is 1.